The Bertz CT molecular complexity index is 1020. The van der Waals surface area contributed by atoms with Gasteiger partial charge in [0.15, 0.2) is 6.61 Å². The Morgan fingerprint density at radius 3 is 2.59 bits per heavy atom. The van der Waals surface area contributed by atoms with Crippen LogP contribution in [-0.4, -0.2) is 26.8 Å². The molecular formula is C20H23N3O5S. The Morgan fingerprint density at radius 2 is 1.90 bits per heavy atom. The van der Waals surface area contributed by atoms with E-state index >= 15 is 0 Å². The van der Waals surface area contributed by atoms with Crippen molar-refractivity contribution in [2.24, 2.45) is 11.1 Å². The zero-order valence-electron chi connectivity index (χ0n) is 15.9. The number of nitrogens with one attached hydrogen (secondary N) is 2. The molecule has 1 unspecified atom stereocenters. The molecule has 4 N–H and O–H groups in total. The van der Waals surface area contributed by atoms with Crippen molar-refractivity contribution in [2.75, 3.05) is 11.9 Å². The van der Waals surface area contributed by atoms with E-state index in [1.54, 1.807) is 43.3 Å². The molecule has 0 spiro atoms. The second-order valence-electron chi connectivity index (χ2n) is 6.99. The van der Waals surface area contributed by atoms with Crippen LogP contribution < -0.4 is 20.5 Å². The normalized spacial score (nSPS) is 14.7. The average Bonchev–Trinajstić information content (AvgIpc) is 3.51. The van der Waals surface area contributed by atoms with Crippen molar-refractivity contribution in [3.8, 4) is 5.75 Å². The van der Waals surface area contributed by atoms with Gasteiger partial charge in [-0.15, -0.1) is 0 Å². The first-order valence-electron chi connectivity index (χ1n) is 9.18. The molecule has 0 aliphatic heterocycles. The van der Waals surface area contributed by atoms with Crippen LogP contribution in [0.1, 0.15) is 31.4 Å². The molecule has 29 heavy (non-hydrogen) atoms. The van der Waals surface area contributed by atoms with Gasteiger partial charge in [0.2, 0.25) is 15.9 Å². The van der Waals surface area contributed by atoms with Gasteiger partial charge < -0.3 is 15.4 Å². The number of hydrogen-bond donors (Lipinski definition) is 3. The number of sulfonamides is 1. The number of amides is 2. The molecule has 1 atom stereocenters. The van der Waals surface area contributed by atoms with Crippen molar-refractivity contribution in [2.45, 2.75) is 30.7 Å². The van der Waals surface area contributed by atoms with Gasteiger partial charge in [-0.05, 0) is 49.6 Å². The monoisotopic (exact) mass is 417 g/mol. The van der Waals surface area contributed by atoms with Crippen molar-refractivity contribution in [3.63, 3.8) is 0 Å². The van der Waals surface area contributed by atoms with Crippen molar-refractivity contribution in [1.82, 2.24) is 5.32 Å². The molecule has 0 radical (unpaired) electrons. The first-order chi connectivity index (χ1) is 13.7. The van der Waals surface area contributed by atoms with E-state index in [4.69, 9.17) is 9.88 Å². The number of ether oxygens (including phenoxy) is 1. The number of rotatable bonds is 8. The number of primary sulfonamides is 1. The summed E-state index contributed by atoms with van der Waals surface area (Å²) in [7, 11) is -3.82. The summed E-state index contributed by atoms with van der Waals surface area (Å²) in [6, 6.07) is 12.5. The summed E-state index contributed by atoms with van der Waals surface area (Å²) >= 11 is 0. The predicted molar refractivity (Wildman–Crippen MR) is 108 cm³/mol. The third-order valence-electron chi connectivity index (χ3n) is 4.48. The Balaban J connectivity index is 1.54. The maximum atomic E-state index is 12.2. The van der Waals surface area contributed by atoms with Gasteiger partial charge in [0, 0.05) is 17.7 Å². The van der Waals surface area contributed by atoms with E-state index in [1.807, 2.05) is 0 Å². The lowest BCUT2D eigenvalue weighted by Crippen LogP contribution is -2.31. The Kier molecular flexibility index (Phi) is 6.19. The first kappa shape index (κ1) is 20.8. The number of nitrogens with two attached hydrogens (primary N) is 1. The highest BCUT2D eigenvalue weighted by Gasteiger charge is 2.29. The molecule has 1 aliphatic rings. The summed E-state index contributed by atoms with van der Waals surface area (Å²) in [5.74, 6) is 0.179. The van der Waals surface area contributed by atoms with Crippen molar-refractivity contribution in [3.05, 3.63) is 54.1 Å². The van der Waals surface area contributed by atoms with Gasteiger partial charge >= 0.3 is 0 Å². The number of carbonyl (C=O) groups excluding carboxylic acids is 2. The van der Waals surface area contributed by atoms with E-state index in [1.165, 1.54) is 12.1 Å². The van der Waals surface area contributed by atoms with E-state index < -0.39 is 16.1 Å². The lowest BCUT2D eigenvalue weighted by Gasteiger charge is -2.15. The summed E-state index contributed by atoms with van der Waals surface area (Å²) < 4.78 is 28.4. The minimum absolute atomic E-state index is 0.00422. The van der Waals surface area contributed by atoms with E-state index in [2.05, 4.69) is 10.6 Å². The van der Waals surface area contributed by atoms with Crippen LogP contribution >= 0.6 is 0 Å². The van der Waals surface area contributed by atoms with E-state index in [-0.39, 0.29) is 29.2 Å². The molecule has 1 aliphatic carbocycles. The molecular weight excluding hydrogens is 394 g/mol. The number of hydrogen-bond acceptors (Lipinski definition) is 5. The van der Waals surface area contributed by atoms with Crippen LogP contribution in [0.4, 0.5) is 5.69 Å². The molecule has 0 aromatic heterocycles. The van der Waals surface area contributed by atoms with Crippen LogP contribution in [0.15, 0.2) is 53.4 Å². The number of carbonyl (C=O) groups is 2. The summed E-state index contributed by atoms with van der Waals surface area (Å²) in [5, 5.41) is 10.7. The summed E-state index contributed by atoms with van der Waals surface area (Å²) in [6.07, 6.45) is 1.83. The van der Waals surface area contributed by atoms with Crippen LogP contribution in [0.2, 0.25) is 0 Å². The van der Waals surface area contributed by atoms with Gasteiger partial charge in [-0.2, -0.15) is 0 Å². The second-order valence-corrected chi connectivity index (χ2v) is 8.55. The fourth-order valence-corrected chi connectivity index (χ4v) is 3.30. The fourth-order valence-electron chi connectivity index (χ4n) is 2.73. The molecule has 2 aromatic rings. The predicted octanol–water partition coefficient (Wildman–Crippen LogP) is 1.94. The second kappa shape index (κ2) is 8.62. The van der Waals surface area contributed by atoms with Crippen LogP contribution in [0.25, 0.3) is 0 Å². The van der Waals surface area contributed by atoms with Crippen molar-refractivity contribution >= 4 is 27.5 Å². The van der Waals surface area contributed by atoms with Crippen molar-refractivity contribution in [1.29, 1.82) is 0 Å². The molecule has 1 saturated carbocycles. The molecule has 0 saturated heterocycles. The Morgan fingerprint density at radius 1 is 1.17 bits per heavy atom. The van der Waals surface area contributed by atoms with Crippen LogP contribution in [-0.2, 0) is 19.6 Å². The maximum absolute atomic E-state index is 12.2. The van der Waals surface area contributed by atoms with Crippen molar-refractivity contribution < 1.29 is 22.7 Å². The zero-order valence-corrected chi connectivity index (χ0v) is 16.7. The number of anilines is 1. The average molecular weight is 417 g/mol. The minimum atomic E-state index is -3.82. The highest BCUT2D eigenvalue weighted by atomic mass is 32.2. The summed E-state index contributed by atoms with van der Waals surface area (Å²) in [5.41, 5.74) is 1.22. The van der Waals surface area contributed by atoms with Gasteiger partial charge in [0.1, 0.15) is 5.75 Å². The molecule has 154 valence electrons. The Hall–Kier alpha value is -2.91. The largest absolute Gasteiger partial charge is 0.484 e. The molecule has 0 bridgehead atoms. The highest BCUT2D eigenvalue weighted by molar-refractivity contribution is 7.89. The number of benzene rings is 2. The van der Waals surface area contributed by atoms with Gasteiger partial charge in [0.05, 0.1) is 10.9 Å². The first-order valence-corrected chi connectivity index (χ1v) is 10.7. The molecule has 2 aromatic carbocycles. The smallest absolute Gasteiger partial charge is 0.258 e. The van der Waals surface area contributed by atoms with Crippen LogP contribution in [0, 0.1) is 5.92 Å². The van der Waals surface area contributed by atoms with Gasteiger partial charge in [-0.3, -0.25) is 9.59 Å². The van der Waals surface area contributed by atoms with Gasteiger partial charge in [-0.1, -0.05) is 18.2 Å². The molecule has 0 heterocycles. The van der Waals surface area contributed by atoms with Gasteiger partial charge in [0.25, 0.3) is 5.91 Å². The van der Waals surface area contributed by atoms with Crippen LogP contribution in [0.3, 0.4) is 0 Å². The standard InChI is InChI=1S/C20H23N3O5S/c1-13(15-4-2-7-18(10-15)29(21,26)27)22-19(24)12-28-17-6-3-5-16(11-17)23-20(25)14-8-9-14/h2-7,10-11,13-14H,8-9,12H2,1H3,(H,22,24)(H,23,25)(H2,21,26,27). The topological polar surface area (TPSA) is 128 Å². The third kappa shape index (κ3) is 6.03. The van der Waals surface area contributed by atoms with E-state index in [9.17, 15) is 18.0 Å². The SMILES string of the molecule is CC(NC(=O)COc1cccc(NC(=O)C2CC2)c1)c1cccc(S(N)(=O)=O)c1. The molecule has 3 rings (SSSR count). The molecule has 8 nitrogen and oxygen atoms in total. The van der Waals surface area contributed by atoms with E-state index in [0.29, 0.717) is 17.0 Å². The summed E-state index contributed by atoms with van der Waals surface area (Å²) in [4.78, 5) is 24.0. The van der Waals surface area contributed by atoms with E-state index in [0.717, 1.165) is 12.8 Å². The minimum Gasteiger partial charge on any atom is -0.484 e. The maximum Gasteiger partial charge on any atom is 0.258 e. The molecule has 9 heteroatoms. The fraction of sp³-hybridized carbons (Fsp3) is 0.300. The molecule has 1 fully saturated rings. The van der Waals surface area contributed by atoms with Crippen LogP contribution in [0.5, 0.6) is 5.75 Å². The lowest BCUT2D eigenvalue weighted by molar-refractivity contribution is -0.123. The highest BCUT2D eigenvalue weighted by Crippen LogP contribution is 2.30. The molecule has 2 amide bonds. The Labute approximate surface area is 169 Å². The lowest BCUT2D eigenvalue weighted by atomic mass is 10.1. The quantitative estimate of drug-likeness (QED) is 0.605. The third-order valence-corrected chi connectivity index (χ3v) is 5.39. The zero-order chi connectivity index (χ0) is 21.0. The summed E-state index contributed by atoms with van der Waals surface area (Å²) in [6.45, 7) is 1.51. The van der Waals surface area contributed by atoms with Gasteiger partial charge in [-0.25, -0.2) is 13.6 Å².